The van der Waals surface area contributed by atoms with Crippen molar-refractivity contribution in [3.63, 3.8) is 0 Å². The second kappa shape index (κ2) is 5.13. The summed E-state index contributed by atoms with van der Waals surface area (Å²) < 4.78 is 28.2. The highest BCUT2D eigenvalue weighted by Crippen LogP contribution is 2.41. The third-order valence-electron chi connectivity index (χ3n) is 4.00. The van der Waals surface area contributed by atoms with Crippen molar-refractivity contribution in [1.29, 1.82) is 0 Å². The molecule has 2 bridgehead atoms. The molecule has 104 valence electrons. The largest absolute Gasteiger partial charge is 0.243 e. The summed E-state index contributed by atoms with van der Waals surface area (Å²) in [5.74, 6) is 0. The van der Waals surface area contributed by atoms with Gasteiger partial charge in [0.25, 0.3) is 0 Å². The van der Waals surface area contributed by atoms with E-state index >= 15 is 0 Å². The lowest BCUT2D eigenvalue weighted by Gasteiger charge is -2.36. The van der Waals surface area contributed by atoms with E-state index in [-0.39, 0.29) is 12.1 Å². The molecular formula is C13H15Br2NO2S. The fourth-order valence-electron chi connectivity index (χ4n) is 3.19. The summed E-state index contributed by atoms with van der Waals surface area (Å²) in [5, 5.41) is 0. The van der Waals surface area contributed by atoms with Crippen LogP contribution in [0.4, 0.5) is 0 Å². The Hall–Kier alpha value is 0.0900. The highest BCUT2D eigenvalue weighted by molar-refractivity contribution is 9.10. The number of fused-ring (bicyclic) bond motifs is 2. The molecule has 2 atom stereocenters. The smallest absolute Gasteiger partial charge is 0.207 e. The van der Waals surface area contributed by atoms with Gasteiger partial charge in [-0.2, -0.15) is 4.31 Å². The topological polar surface area (TPSA) is 37.4 Å². The summed E-state index contributed by atoms with van der Waals surface area (Å²) in [6, 6.07) is 7.25. The third-order valence-corrected chi connectivity index (χ3v) is 7.29. The maximum absolute atomic E-state index is 12.8. The van der Waals surface area contributed by atoms with Gasteiger partial charge in [0.2, 0.25) is 10.0 Å². The summed E-state index contributed by atoms with van der Waals surface area (Å²) >= 11 is 6.98. The van der Waals surface area contributed by atoms with Crippen LogP contribution < -0.4 is 0 Å². The molecule has 3 nitrogen and oxygen atoms in total. The quantitative estimate of drug-likeness (QED) is 0.702. The lowest BCUT2D eigenvalue weighted by Crippen LogP contribution is -2.46. The Morgan fingerprint density at radius 2 is 1.58 bits per heavy atom. The van der Waals surface area contributed by atoms with Crippen LogP contribution in [-0.2, 0) is 10.0 Å². The first-order valence-corrected chi connectivity index (χ1v) is 9.56. The number of halogens is 2. The Morgan fingerprint density at radius 3 is 2.11 bits per heavy atom. The minimum atomic E-state index is -3.35. The lowest BCUT2D eigenvalue weighted by atomic mass is 10.1. The molecule has 2 aliphatic heterocycles. The van der Waals surface area contributed by atoms with Gasteiger partial charge in [0.05, 0.1) is 4.90 Å². The summed E-state index contributed by atoms with van der Waals surface area (Å²) in [6.07, 6.45) is 3.82. The van der Waals surface area contributed by atoms with Gasteiger partial charge in [-0.05, 0) is 49.9 Å². The van der Waals surface area contributed by atoms with Crippen molar-refractivity contribution in [2.45, 2.75) is 47.5 Å². The first-order valence-electron chi connectivity index (χ1n) is 6.41. The predicted octanol–water partition coefficient (Wildman–Crippen LogP) is 3.53. The van der Waals surface area contributed by atoms with Gasteiger partial charge in [0.1, 0.15) is 0 Å². The van der Waals surface area contributed by atoms with E-state index in [1.807, 2.05) is 0 Å². The molecule has 0 aromatic heterocycles. The van der Waals surface area contributed by atoms with E-state index in [2.05, 4.69) is 31.9 Å². The van der Waals surface area contributed by atoms with Crippen LogP contribution in [0.25, 0.3) is 0 Å². The molecular weight excluding hydrogens is 394 g/mol. The normalized spacial score (nSPS) is 31.6. The summed E-state index contributed by atoms with van der Waals surface area (Å²) in [4.78, 5) is 0.863. The summed E-state index contributed by atoms with van der Waals surface area (Å²) in [6.45, 7) is 0. The molecule has 2 saturated heterocycles. The van der Waals surface area contributed by atoms with Crippen LogP contribution in [0.2, 0.25) is 0 Å². The highest BCUT2D eigenvalue weighted by atomic mass is 79.9. The average molecular weight is 409 g/mol. The molecule has 3 rings (SSSR count). The standard InChI is InChI=1S/C13H15Br2NO2S/c14-9-1-5-13(6-2-9)19(17,18)16-11-3-4-12(16)8-10(15)7-11/h1-2,5-6,10-12H,3-4,7-8H2. The van der Waals surface area contributed by atoms with E-state index < -0.39 is 10.0 Å². The van der Waals surface area contributed by atoms with Gasteiger partial charge >= 0.3 is 0 Å². The van der Waals surface area contributed by atoms with Gasteiger partial charge in [0.15, 0.2) is 0 Å². The number of hydrogen-bond acceptors (Lipinski definition) is 2. The molecule has 6 heteroatoms. The summed E-state index contributed by atoms with van der Waals surface area (Å²) in [5.41, 5.74) is 0. The van der Waals surface area contributed by atoms with E-state index in [4.69, 9.17) is 0 Å². The SMILES string of the molecule is O=S(=O)(c1ccc(Br)cc1)N1C2CCC1CC(Br)C2. The van der Waals surface area contributed by atoms with Gasteiger partial charge in [0, 0.05) is 21.4 Å². The Kier molecular flexibility index (Phi) is 3.79. The Labute approximate surface area is 130 Å². The molecule has 2 fully saturated rings. The zero-order valence-electron chi connectivity index (χ0n) is 10.3. The number of rotatable bonds is 2. The molecule has 1 aromatic rings. The number of alkyl halides is 1. The van der Waals surface area contributed by atoms with E-state index in [1.54, 1.807) is 28.6 Å². The first-order chi connectivity index (χ1) is 8.98. The van der Waals surface area contributed by atoms with Crippen molar-refractivity contribution in [3.05, 3.63) is 28.7 Å². The second-order valence-corrected chi connectivity index (χ2v) is 9.30. The van der Waals surface area contributed by atoms with Gasteiger partial charge in [-0.15, -0.1) is 0 Å². The average Bonchev–Trinajstić information content (AvgIpc) is 2.64. The van der Waals surface area contributed by atoms with Crippen LogP contribution in [0.15, 0.2) is 33.6 Å². The third kappa shape index (κ3) is 2.52. The number of benzene rings is 1. The van der Waals surface area contributed by atoms with Gasteiger partial charge in [-0.25, -0.2) is 8.42 Å². The minimum absolute atomic E-state index is 0.164. The molecule has 0 aliphatic carbocycles. The fraction of sp³-hybridized carbons (Fsp3) is 0.538. The predicted molar refractivity (Wildman–Crippen MR) is 81.9 cm³/mol. The number of hydrogen-bond donors (Lipinski definition) is 0. The van der Waals surface area contributed by atoms with Crippen molar-refractivity contribution >= 4 is 41.9 Å². The van der Waals surface area contributed by atoms with E-state index in [0.29, 0.717) is 9.72 Å². The zero-order valence-corrected chi connectivity index (χ0v) is 14.3. The van der Waals surface area contributed by atoms with Crippen LogP contribution >= 0.6 is 31.9 Å². The molecule has 0 N–H and O–H groups in total. The number of nitrogens with zero attached hydrogens (tertiary/aromatic N) is 1. The molecule has 2 aliphatic rings. The maximum atomic E-state index is 12.8. The Morgan fingerprint density at radius 1 is 1.05 bits per heavy atom. The Bertz CT molecular complexity index is 559. The molecule has 0 saturated carbocycles. The van der Waals surface area contributed by atoms with Crippen LogP contribution in [0.1, 0.15) is 25.7 Å². The van der Waals surface area contributed by atoms with Gasteiger partial charge < -0.3 is 0 Å². The molecule has 2 heterocycles. The van der Waals surface area contributed by atoms with Crippen LogP contribution in [0.3, 0.4) is 0 Å². The van der Waals surface area contributed by atoms with Crippen molar-refractivity contribution < 1.29 is 8.42 Å². The monoisotopic (exact) mass is 407 g/mol. The van der Waals surface area contributed by atoms with Crippen molar-refractivity contribution in [2.24, 2.45) is 0 Å². The first kappa shape index (κ1) is 14.0. The second-order valence-electron chi connectivity index (χ2n) is 5.24. The van der Waals surface area contributed by atoms with Crippen molar-refractivity contribution in [3.8, 4) is 0 Å². The summed E-state index contributed by atoms with van der Waals surface area (Å²) in [7, 11) is -3.35. The molecule has 0 spiro atoms. The zero-order chi connectivity index (χ0) is 13.6. The van der Waals surface area contributed by atoms with E-state index in [0.717, 1.165) is 30.2 Å². The molecule has 2 unspecified atom stereocenters. The van der Waals surface area contributed by atoms with Crippen molar-refractivity contribution in [2.75, 3.05) is 0 Å². The van der Waals surface area contributed by atoms with Crippen LogP contribution in [-0.4, -0.2) is 29.6 Å². The van der Waals surface area contributed by atoms with Gasteiger partial charge in [-0.1, -0.05) is 31.9 Å². The Balaban J connectivity index is 1.95. The lowest BCUT2D eigenvalue weighted by molar-refractivity contribution is 0.255. The molecule has 0 amide bonds. The van der Waals surface area contributed by atoms with Crippen LogP contribution in [0, 0.1) is 0 Å². The van der Waals surface area contributed by atoms with E-state index in [1.165, 1.54) is 0 Å². The van der Waals surface area contributed by atoms with Crippen LogP contribution in [0.5, 0.6) is 0 Å². The maximum Gasteiger partial charge on any atom is 0.243 e. The highest BCUT2D eigenvalue weighted by Gasteiger charge is 2.46. The van der Waals surface area contributed by atoms with Gasteiger partial charge in [-0.3, -0.25) is 0 Å². The molecule has 1 aromatic carbocycles. The molecule has 19 heavy (non-hydrogen) atoms. The van der Waals surface area contributed by atoms with Crippen molar-refractivity contribution in [1.82, 2.24) is 4.31 Å². The molecule has 0 radical (unpaired) electrons. The fourth-order valence-corrected chi connectivity index (χ4v) is 6.21. The van der Waals surface area contributed by atoms with E-state index in [9.17, 15) is 8.42 Å². The minimum Gasteiger partial charge on any atom is -0.207 e. The number of piperidine rings is 1. The number of sulfonamides is 1.